The molecule has 0 aromatic heterocycles. The van der Waals surface area contributed by atoms with Crippen molar-refractivity contribution < 1.29 is 9.47 Å². The van der Waals surface area contributed by atoms with Crippen molar-refractivity contribution in [2.75, 3.05) is 20.4 Å². The lowest BCUT2D eigenvalue weighted by Gasteiger charge is -2.18. The Morgan fingerprint density at radius 1 is 1.44 bits per heavy atom. The second kappa shape index (κ2) is 5.59. The van der Waals surface area contributed by atoms with Crippen LogP contribution in [0.2, 0.25) is 0 Å². The molecule has 18 heavy (non-hydrogen) atoms. The lowest BCUT2D eigenvalue weighted by molar-refractivity contribution is 0.174. The van der Waals surface area contributed by atoms with Crippen molar-refractivity contribution in [3.05, 3.63) is 22.2 Å². The highest BCUT2D eigenvalue weighted by atomic mass is 79.9. The number of nitrogens with zero attached hydrogens (tertiary/aromatic N) is 2. The van der Waals surface area contributed by atoms with Gasteiger partial charge in [-0.15, -0.1) is 0 Å². The van der Waals surface area contributed by atoms with Gasteiger partial charge in [-0.3, -0.25) is 0 Å². The maximum Gasteiger partial charge on any atom is 0.231 e. The topological polar surface area (TPSA) is 45.5 Å². The summed E-state index contributed by atoms with van der Waals surface area (Å²) in [5.41, 5.74) is 1.13. The lowest BCUT2D eigenvalue weighted by Crippen LogP contribution is -2.23. The Labute approximate surface area is 115 Å². The molecule has 4 nitrogen and oxygen atoms in total. The fraction of sp³-hybridized carbons (Fsp3) is 0.462. The van der Waals surface area contributed by atoms with E-state index in [0.29, 0.717) is 0 Å². The van der Waals surface area contributed by atoms with Gasteiger partial charge in [0, 0.05) is 17.6 Å². The van der Waals surface area contributed by atoms with E-state index in [4.69, 9.17) is 14.7 Å². The largest absolute Gasteiger partial charge is 0.454 e. The van der Waals surface area contributed by atoms with Gasteiger partial charge in [-0.1, -0.05) is 15.9 Å². The van der Waals surface area contributed by atoms with E-state index >= 15 is 0 Å². The summed E-state index contributed by atoms with van der Waals surface area (Å²) in [4.78, 5) is 2.12. The summed E-state index contributed by atoms with van der Waals surface area (Å²) >= 11 is 3.53. The molecule has 0 amide bonds. The van der Waals surface area contributed by atoms with Crippen LogP contribution in [0.4, 0.5) is 0 Å². The molecule has 1 aliphatic heterocycles. The third-order valence-electron chi connectivity index (χ3n) is 2.79. The van der Waals surface area contributed by atoms with Gasteiger partial charge in [0.1, 0.15) is 0 Å². The van der Waals surface area contributed by atoms with E-state index in [0.717, 1.165) is 34.6 Å². The number of ether oxygens (including phenoxy) is 2. The second-order valence-corrected chi connectivity index (χ2v) is 5.38. The van der Waals surface area contributed by atoms with E-state index in [9.17, 15) is 0 Å². The number of halogens is 1. The second-order valence-electron chi connectivity index (χ2n) is 4.52. The Morgan fingerprint density at radius 3 is 2.78 bits per heavy atom. The minimum Gasteiger partial charge on any atom is -0.454 e. The third-order valence-corrected chi connectivity index (χ3v) is 3.53. The molecule has 0 bridgehead atoms. The van der Waals surface area contributed by atoms with Crippen molar-refractivity contribution in [1.82, 2.24) is 4.90 Å². The van der Waals surface area contributed by atoms with E-state index in [1.165, 1.54) is 0 Å². The van der Waals surface area contributed by atoms with E-state index in [2.05, 4.69) is 26.9 Å². The summed E-state index contributed by atoms with van der Waals surface area (Å²) in [5.74, 6) is 1.59. The number of benzene rings is 1. The first-order chi connectivity index (χ1) is 8.60. The monoisotopic (exact) mass is 310 g/mol. The zero-order valence-electron chi connectivity index (χ0n) is 10.4. The predicted octanol–water partition coefficient (Wildman–Crippen LogP) is 2.77. The van der Waals surface area contributed by atoms with E-state index in [1.54, 1.807) is 0 Å². The Hall–Kier alpha value is -1.25. The molecule has 0 radical (unpaired) electrons. The molecule has 2 rings (SSSR count). The van der Waals surface area contributed by atoms with Crippen LogP contribution in [0.3, 0.4) is 0 Å². The van der Waals surface area contributed by atoms with Crippen LogP contribution in [0.1, 0.15) is 12.5 Å². The molecular formula is C13H15BrN2O2. The summed E-state index contributed by atoms with van der Waals surface area (Å²) in [7, 11) is 2.00. The first-order valence-corrected chi connectivity index (χ1v) is 6.55. The average Bonchev–Trinajstić information content (AvgIpc) is 2.76. The third kappa shape index (κ3) is 2.95. The maximum atomic E-state index is 8.81. The maximum absolute atomic E-state index is 8.81. The molecule has 1 aliphatic rings. The Kier molecular flexibility index (Phi) is 4.10. The fourth-order valence-corrected chi connectivity index (χ4v) is 2.39. The van der Waals surface area contributed by atoms with Gasteiger partial charge in [-0.2, -0.15) is 5.26 Å². The van der Waals surface area contributed by atoms with Crippen molar-refractivity contribution in [3.63, 3.8) is 0 Å². The van der Waals surface area contributed by atoms with Crippen molar-refractivity contribution >= 4 is 15.9 Å². The van der Waals surface area contributed by atoms with Crippen LogP contribution in [0.15, 0.2) is 16.6 Å². The Balaban J connectivity index is 2.08. The molecule has 0 aliphatic carbocycles. The SMILES string of the molecule is C[C@H](C#N)CN(C)Cc1cc2c(cc1Br)OCO2. The van der Waals surface area contributed by atoms with Crippen molar-refractivity contribution in [1.29, 1.82) is 5.26 Å². The van der Waals surface area contributed by atoms with Gasteiger partial charge in [0.05, 0.1) is 12.0 Å². The van der Waals surface area contributed by atoms with Gasteiger partial charge in [-0.25, -0.2) is 0 Å². The van der Waals surface area contributed by atoms with Crippen LogP contribution in [0.25, 0.3) is 0 Å². The van der Waals surface area contributed by atoms with Gasteiger partial charge in [0.2, 0.25) is 6.79 Å². The summed E-state index contributed by atoms with van der Waals surface area (Å²) in [6.45, 7) is 3.72. The number of fused-ring (bicyclic) bond motifs is 1. The first-order valence-electron chi connectivity index (χ1n) is 5.76. The normalized spacial score (nSPS) is 14.6. The lowest BCUT2D eigenvalue weighted by atomic mass is 10.1. The predicted molar refractivity (Wildman–Crippen MR) is 71.4 cm³/mol. The molecule has 1 atom stereocenters. The summed E-state index contributed by atoms with van der Waals surface area (Å²) in [5, 5.41) is 8.81. The Morgan fingerprint density at radius 2 is 2.11 bits per heavy atom. The molecule has 0 fully saturated rings. The number of rotatable bonds is 4. The van der Waals surface area contributed by atoms with Crippen LogP contribution >= 0.6 is 15.9 Å². The van der Waals surface area contributed by atoms with E-state index < -0.39 is 0 Å². The highest BCUT2D eigenvalue weighted by molar-refractivity contribution is 9.10. The fourth-order valence-electron chi connectivity index (χ4n) is 1.94. The summed E-state index contributed by atoms with van der Waals surface area (Å²) in [6, 6.07) is 6.16. The highest BCUT2D eigenvalue weighted by Gasteiger charge is 2.17. The zero-order valence-corrected chi connectivity index (χ0v) is 12.0. The molecule has 1 aromatic carbocycles. The number of hydrogen-bond donors (Lipinski definition) is 0. The molecule has 96 valence electrons. The quantitative estimate of drug-likeness (QED) is 0.858. The summed E-state index contributed by atoms with van der Waals surface area (Å²) < 4.78 is 11.7. The van der Waals surface area contributed by atoms with Crippen molar-refractivity contribution in [2.45, 2.75) is 13.5 Å². The van der Waals surface area contributed by atoms with Crippen LogP contribution < -0.4 is 9.47 Å². The minimum absolute atomic E-state index is 0.0304. The van der Waals surface area contributed by atoms with Gasteiger partial charge < -0.3 is 14.4 Å². The molecular weight excluding hydrogens is 296 g/mol. The molecule has 5 heteroatoms. The van der Waals surface area contributed by atoms with Crippen LogP contribution in [0, 0.1) is 17.2 Å². The van der Waals surface area contributed by atoms with E-state index in [1.807, 2.05) is 26.1 Å². The summed E-state index contributed by atoms with van der Waals surface area (Å²) in [6.07, 6.45) is 0. The van der Waals surface area contributed by atoms with Gasteiger partial charge >= 0.3 is 0 Å². The molecule has 0 saturated carbocycles. The van der Waals surface area contributed by atoms with Gasteiger partial charge in [0.25, 0.3) is 0 Å². The first kappa shape index (κ1) is 13.2. The van der Waals surface area contributed by atoms with Crippen LogP contribution in [-0.2, 0) is 6.54 Å². The van der Waals surface area contributed by atoms with Crippen LogP contribution in [-0.4, -0.2) is 25.3 Å². The van der Waals surface area contributed by atoms with Gasteiger partial charge in [0.15, 0.2) is 11.5 Å². The van der Waals surface area contributed by atoms with Gasteiger partial charge in [-0.05, 0) is 31.7 Å². The van der Waals surface area contributed by atoms with E-state index in [-0.39, 0.29) is 12.7 Å². The molecule has 0 saturated heterocycles. The smallest absolute Gasteiger partial charge is 0.231 e. The molecule has 0 unspecified atom stereocenters. The molecule has 0 spiro atoms. The number of hydrogen-bond acceptors (Lipinski definition) is 4. The highest BCUT2D eigenvalue weighted by Crippen LogP contribution is 2.37. The van der Waals surface area contributed by atoms with Crippen LogP contribution in [0.5, 0.6) is 11.5 Å². The number of nitriles is 1. The Bertz CT molecular complexity index is 485. The zero-order chi connectivity index (χ0) is 13.1. The molecule has 1 heterocycles. The van der Waals surface area contributed by atoms with Crippen molar-refractivity contribution in [2.24, 2.45) is 5.92 Å². The molecule has 1 aromatic rings. The van der Waals surface area contributed by atoms with Crippen molar-refractivity contribution in [3.8, 4) is 17.6 Å². The average molecular weight is 311 g/mol. The standard InChI is InChI=1S/C13H15BrN2O2/c1-9(5-15)6-16(2)7-10-3-12-13(4-11(10)14)18-8-17-12/h3-4,9H,6-8H2,1-2H3/t9-/m1/s1. The minimum atomic E-state index is 0.0304. The molecule has 0 N–H and O–H groups in total.